The first-order chi connectivity index (χ1) is 4.83. The molecule has 2 N–H and O–H groups in total. The van der Waals surface area contributed by atoms with Crippen molar-refractivity contribution < 1.29 is 4.79 Å². The lowest BCUT2D eigenvalue weighted by Gasteiger charge is -1.98. The van der Waals surface area contributed by atoms with E-state index >= 15 is 0 Å². The van der Waals surface area contributed by atoms with Crippen LogP contribution in [0, 0.1) is 0 Å². The van der Waals surface area contributed by atoms with Gasteiger partial charge < -0.3 is 10.5 Å². The van der Waals surface area contributed by atoms with Crippen molar-refractivity contribution in [2.45, 2.75) is 12.5 Å². The maximum Gasteiger partial charge on any atom is 0.137 e. The summed E-state index contributed by atoms with van der Waals surface area (Å²) in [7, 11) is 0. The molecule has 0 bridgehead atoms. The highest BCUT2D eigenvalue weighted by atomic mass is 32.1. The quantitative estimate of drug-likeness (QED) is 0.656. The predicted octanol–water partition coefficient (Wildman–Crippen LogP) is 0.817. The van der Waals surface area contributed by atoms with Gasteiger partial charge in [0.25, 0.3) is 0 Å². The van der Waals surface area contributed by atoms with Gasteiger partial charge in [0, 0.05) is 11.3 Å². The Hall–Kier alpha value is -0.670. The Bertz CT molecular complexity index is 195. The Morgan fingerprint density at radius 3 is 3.10 bits per heavy atom. The number of carbonyl (C=O) groups excluding carboxylic acids is 1. The first kappa shape index (κ1) is 7.44. The zero-order chi connectivity index (χ0) is 7.40. The second-order valence-electron chi connectivity index (χ2n) is 2.08. The van der Waals surface area contributed by atoms with E-state index in [1.165, 1.54) is 4.88 Å². The normalized spacial score (nSPS) is 12.9. The molecule has 54 valence electrons. The van der Waals surface area contributed by atoms with Gasteiger partial charge in [0.1, 0.15) is 6.29 Å². The van der Waals surface area contributed by atoms with Gasteiger partial charge in [-0.2, -0.15) is 0 Å². The average Bonchev–Trinajstić information content (AvgIpc) is 2.40. The van der Waals surface area contributed by atoms with Crippen LogP contribution in [0.25, 0.3) is 0 Å². The molecule has 0 aliphatic carbocycles. The van der Waals surface area contributed by atoms with Crippen LogP contribution in [-0.2, 0) is 11.2 Å². The minimum atomic E-state index is -0.335. The summed E-state index contributed by atoms with van der Waals surface area (Å²) in [6, 6.07) is 3.60. The molecule has 0 amide bonds. The molecule has 0 spiro atoms. The Morgan fingerprint density at radius 1 is 1.80 bits per heavy atom. The van der Waals surface area contributed by atoms with E-state index in [-0.39, 0.29) is 6.04 Å². The topological polar surface area (TPSA) is 43.1 Å². The fourth-order valence-corrected chi connectivity index (χ4v) is 1.49. The van der Waals surface area contributed by atoms with E-state index in [0.29, 0.717) is 6.42 Å². The minimum Gasteiger partial charge on any atom is -0.321 e. The SMILES string of the molecule is N[C@@H](C=O)Cc1cccs1. The number of nitrogens with two attached hydrogens (primary N) is 1. The van der Waals surface area contributed by atoms with Gasteiger partial charge in [0.05, 0.1) is 6.04 Å². The molecule has 1 heterocycles. The summed E-state index contributed by atoms with van der Waals surface area (Å²) in [6.45, 7) is 0. The van der Waals surface area contributed by atoms with Gasteiger partial charge in [-0.3, -0.25) is 0 Å². The molecule has 0 saturated carbocycles. The molecule has 10 heavy (non-hydrogen) atoms. The summed E-state index contributed by atoms with van der Waals surface area (Å²) < 4.78 is 0. The summed E-state index contributed by atoms with van der Waals surface area (Å²) in [6.07, 6.45) is 1.45. The Labute approximate surface area is 63.7 Å². The van der Waals surface area contributed by atoms with Gasteiger partial charge in [-0.15, -0.1) is 11.3 Å². The molecule has 2 nitrogen and oxygen atoms in total. The van der Waals surface area contributed by atoms with Crippen LogP contribution in [0.4, 0.5) is 0 Å². The molecule has 1 rings (SSSR count). The molecule has 0 aliphatic heterocycles. The summed E-state index contributed by atoms with van der Waals surface area (Å²) in [5, 5.41) is 1.98. The van der Waals surface area contributed by atoms with Crippen molar-refractivity contribution in [3.05, 3.63) is 22.4 Å². The fourth-order valence-electron chi connectivity index (χ4n) is 0.709. The van der Waals surface area contributed by atoms with Crippen molar-refractivity contribution in [1.29, 1.82) is 0 Å². The highest BCUT2D eigenvalue weighted by Gasteiger charge is 2.01. The lowest BCUT2D eigenvalue weighted by atomic mass is 10.2. The van der Waals surface area contributed by atoms with E-state index in [9.17, 15) is 4.79 Å². The maximum absolute atomic E-state index is 10.1. The molecule has 0 radical (unpaired) electrons. The molecule has 0 aliphatic rings. The maximum atomic E-state index is 10.1. The van der Waals surface area contributed by atoms with E-state index in [4.69, 9.17) is 5.73 Å². The second-order valence-corrected chi connectivity index (χ2v) is 3.12. The van der Waals surface area contributed by atoms with Crippen molar-refractivity contribution in [2.24, 2.45) is 5.73 Å². The van der Waals surface area contributed by atoms with Crippen LogP contribution in [-0.4, -0.2) is 12.3 Å². The number of aldehydes is 1. The third-order valence-corrected chi connectivity index (χ3v) is 2.09. The molecular formula is C7H9NOS. The van der Waals surface area contributed by atoms with Gasteiger partial charge in [-0.25, -0.2) is 0 Å². The van der Waals surface area contributed by atoms with Gasteiger partial charge >= 0.3 is 0 Å². The van der Waals surface area contributed by atoms with Crippen molar-refractivity contribution in [2.75, 3.05) is 0 Å². The van der Waals surface area contributed by atoms with E-state index < -0.39 is 0 Å². The van der Waals surface area contributed by atoms with E-state index in [1.807, 2.05) is 17.5 Å². The molecular weight excluding hydrogens is 146 g/mol. The van der Waals surface area contributed by atoms with E-state index in [1.54, 1.807) is 11.3 Å². The summed E-state index contributed by atoms with van der Waals surface area (Å²) >= 11 is 1.63. The minimum absolute atomic E-state index is 0.335. The number of hydrogen-bond acceptors (Lipinski definition) is 3. The number of rotatable bonds is 3. The molecule has 0 saturated heterocycles. The number of thiophene rings is 1. The number of hydrogen-bond donors (Lipinski definition) is 1. The summed E-state index contributed by atoms with van der Waals surface area (Å²) in [5.41, 5.74) is 5.40. The Kier molecular flexibility index (Phi) is 2.59. The third kappa shape index (κ3) is 1.93. The van der Waals surface area contributed by atoms with Gasteiger partial charge in [-0.1, -0.05) is 6.07 Å². The molecule has 3 heteroatoms. The standard InChI is InChI=1S/C7H9NOS/c8-6(5-9)4-7-2-1-3-10-7/h1-3,5-6H,4,8H2/t6-/m1/s1. The first-order valence-electron chi connectivity index (χ1n) is 3.06. The second kappa shape index (κ2) is 3.49. The van der Waals surface area contributed by atoms with Crippen molar-refractivity contribution in [3.8, 4) is 0 Å². The van der Waals surface area contributed by atoms with E-state index in [0.717, 1.165) is 6.29 Å². The smallest absolute Gasteiger partial charge is 0.137 e. The van der Waals surface area contributed by atoms with Gasteiger partial charge in [-0.05, 0) is 11.4 Å². The van der Waals surface area contributed by atoms with Crippen LogP contribution >= 0.6 is 11.3 Å². The third-order valence-electron chi connectivity index (χ3n) is 1.19. The lowest BCUT2D eigenvalue weighted by Crippen LogP contribution is -2.23. The lowest BCUT2D eigenvalue weighted by molar-refractivity contribution is -0.108. The van der Waals surface area contributed by atoms with E-state index in [2.05, 4.69) is 0 Å². The van der Waals surface area contributed by atoms with Crippen LogP contribution in [0.3, 0.4) is 0 Å². The van der Waals surface area contributed by atoms with Crippen molar-refractivity contribution >= 4 is 17.6 Å². The van der Waals surface area contributed by atoms with Crippen LogP contribution in [0.1, 0.15) is 4.88 Å². The van der Waals surface area contributed by atoms with Crippen LogP contribution < -0.4 is 5.73 Å². The van der Waals surface area contributed by atoms with Crippen LogP contribution in [0.5, 0.6) is 0 Å². The zero-order valence-corrected chi connectivity index (χ0v) is 6.30. The fraction of sp³-hybridized carbons (Fsp3) is 0.286. The molecule has 1 atom stereocenters. The molecule has 0 aromatic carbocycles. The van der Waals surface area contributed by atoms with Gasteiger partial charge in [0.2, 0.25) is 0 Å². The highest BCUT2D eigenvalue weighted by Crippen LogP contribution is 2.09. The van der Waals surface area contributed by atoms with Gasteiger partial charge in [0.15, 0.2) is 0 Å². The monoisotopic (exact) mass is 155 g/mol. The molecule has 0 fully saturated rings. The van der Waals surface area contributed by atoms with Crippen molar-refractivity contribution in [1.82, 2.24) is 0 Å². The van der Waals surface area contributed by atoms with Crippen molar-refractivity contribution in [3.63, 3.8) is 0 Å². The Balaban J connectivity index is 2.47. The van der Waals surface area contributed by atoms with Crippen LogP contribution in [0.2, 0.25) is 0 Å². The predicted molar refractivity (Wildman–Crippen MR) is 42.1 cm³/mol. The highest BCUT2D eigenvalue weighted by molar-refractivity contribution is 7.09. The zero-order valence-electron chi connectivity index (χ0n) is 5.49. The molecule has 1 aromatic heterocycles. The summed E-state index contributed by atoms with van der Waals surface area (Å²) in [5.74, 6) is 0. The average molecular weight is 155 g/mol. The largest absolute Gasteiger partial charge is 0.321 e. The Morgan fingerprint density at radius 2 is 2.60 bits per heavy atom. The summed E-state index contributed by atoms with van der Waals surface area (Å²) in [4.78, 5) is 11.3. The van der Waals surface area contributed by atoms with Crippen LogP contribution in [0.15, 0.2) is 17.5 Å². The first-order valence-corrected chi connectivity index (χ1v) is 3.94. The molecule has 0 unspecified atom stereocenters. The number of carbonyl (C=O) groups is 1. The molecule has 1 aromatic rings.